The van der Waals surface area contributed by atoms with Gasteiger partial charge < -0.3 is 9.84 Å². The second kappa shape index (κ2) is 6.27. The predicted octanol–water partition coefficient (Wildman–Crippen LogP) is 2.87. The second-order valence-corrected chi connectivity index (χ2v) is 5.81. The zero-order chi connectivity index (χ0) is 14.7. The lowest BCUT2D eigenvalue weighted by Gasteiger charge is -2.35. The monoisotopic (exact) mass is 277 g/mol. The molecule has 2 atom stereocenters. The molecule has 4 nitrogen and oxygen atoms in total. The summed E-state index contributed by atoms with van der Waals surface area (Å²) in [5, 5.41) is 9.10. The average Bonchev–Trinajstić information content (AvgIpc) is 2.42. The number of carboxylic acid groups (broad SMARTS) is 1. The third-order valence-corrected chi connectivity index (χ3v) is 4.34. The maximum absolute atomic E-state index is 11.1. The molecule has 2 unspecified atom stereocenters. The Hall–Kier alpha value is -1.55. The molecule has 0 spiro atoms. The van der Waals surface area contributed by atoms with E-state index in [4.69, 9.17) is 9.84 Å². The fraction of sp³-hybridized carbons (Fsp3) is 0.562. The van der Waals surface area contributed by atoms with E-state index < -0.39 is 5.97 Å². The van der Waals surface area contributed by atoms with E-state index in [1.54, 1.807) is 25.3 Å². The van der Waals surface area contributed by atoms with Crippen LogP contribution >= 0.6 is 0 Å². The first-order chi connectivity index (χ1) is 9.51. The van der Waals surface area contributed by atoms with E-state index in [9.17, 15) is 4.79 Å². The van der Waals surface area contributed by atoms with Crippen molar-refractivity contribution in [3.05, 3.63) is 29.3 Å². The predicted molar refractivity (Wildman–Crippen MR) is 78.2 cm³/mol. The van der Waals surface area contributed by atoms with Crippen LogP contribution in [0.4, 0.5) is 0 Å². The molecule has 0 radical (unpaired) electrons. The molecule has 0 aromatic heterocycles. The van der Waals surface area contributed by atoms with Crippen LogP contribution in [0, 0.1) is 11.8 Å². The molecule has 1 saturated heterocycles. The van der Waals surface area contributed by atoms with E-state index >= 15 is 0 Å². The number of piperidine rings is 1. The number of hydrogen-bond donors (Lipinski definition) is 1. The molecule has 0 saturated carbocycles. The van der Waals surface area contributed by atoms with Crippen molar-refractivity contribution >= 4 is 5.97 Å². The zero-order valence-electron chi connectivity index (χ0n) is 12.4. The van der Waals surface area contributed by atoms with E-state index in [0.717, 1.165) is 36.9 Å². The lowest BCUT2D eigenvalue weighted by Crippen LogP contribution is -2.37. The van der Waals surface area contributed by atoms with Crippen LogP contribution in [-0.4, -0.2) is 36.2 Å². The maximum Gasteiger partial charge on any atom is 0.335 e. The summed E-state index contributed by atoms with van der Waals surface area (Å²) >= 11 is 0. The topological polar surface area (TPSA) is 49.8 Å². The van der Waals surface area contributed by atoms with Gasteiger partial charge >= 0.3 is 5.97 Å². The van der Waals surface area contributed by atoms with Gasteiger partial charge in [-0.2, -0.15) is 0 Å². The van der Waals surface area contributed by atoms with Gasteiger partial charge in [-0.1, -0.05) is 13.8 Å². The van der Waals surface area contributed by atoms with Crippen LogP contribution in [-0.2, 0) is 6.54 Å². The molecule has 4 heteroatoms. The van der Waals surface area contributed by atoms with Crippen molar-refractivity contribution in [2.24, 2.45) is 11.8 Å². The number of aromatic carboxylic acids is 1. The minimum atomic E-state index is -0.894. The van der Waals surface area contributed by atoms with E-state index in [0.29, 0.717) is 11.5 Å². The number of nitrogens with zero attached hydrogens (tertiary/aromatic N) is 1. The number of methoxy groups -OCH3 is 1. The fourth-order valence-electron chi connectivity index (χ4n) is 2.77. The van der Waals surface area contributed by atoms with Gasteiger partial charge in [0.2, 0.25) is 0 Å². The van der Waals surface area contributed by atoms with Crippen LogP contribution in [0.5, 0.6) is 5.75 Å². The van der Waals surface area contributed by atoms with Gasteiger partial charge in [-0.05, 0) is 43.0 Å². The van der Waals surface area contributed by atoms with Crippen LogP contribution < -0.4 is 4.74 Å². The minimum Gasteiger partial charge on any atom is -0.496 e. The Morgan fingerprint density at radius 1 is 1.40 bits per heavy atom. The first kappa shape index (κ1) is 14.9. The van der Waals surface area contributed by atoms with Crippen molar-refractivity contribution in [2.75, 3.05) is 20.2 Å². The Morgan fingerprint density at radius 2 is 2.15 bits per heavy atom. The van der Waals surface area contributed by atoms with Gasteiger partial charge in [0.1, 0.15) is 5.75 Å². The van der Waals surface area contributed by atoms with Crippen molar-refractivity contribution in [2.45, 2.75) is 26.8 Å². The third kappa shape index (κ3) is 3.31. The largest absolute Gasteiger partial charge is 0.496 e. The van der Waals surface area contributed by atoms with Crippen LogP contribution in [0.25, 0.3) is 0 Å². The summed E-state index contributed by atoms with van der Waals surface area (Å²) in [5.74, 6) is 1.31. The molecular weight excluding hydrogens is 254 g/mol. The molecule has 1 aromatic rings. The molecule has 1 heterocycles. The first-order valence-corrected chi connectivity index (χ1v) is 7.13. The van der Waals surface area contributed by atoms with Crippen LogP contribution in [0.3, 0.4) is 0 Å². The average molecular weight is 277 g/mol. The number of likely N-dealkylation sites (tertiary alicyclic amines) is 1. The van der Waals surface area contributed by atoms with Crippen LogP contribution in [0.2, 0.25) is 0 Å². The highest BCUT2D eigenvalue weighted by molar-refractivity contribution is 5.88. The second-order valence-electron chi connectivity index (χ2n) is 5.81. The summed E-state index contributed by atoms with van der Waals surface area (Å²) in [5.41, 5.74) is 1.27. The van der Waals surface area contributed by atoms with Gasteiger partial charge in [0.05, 0.1) is 12.7 Å². The molecule has 1 aliphatic rings. The SMILES string of the molecule is COc1ccc(C(=O)O)cc1CN1CCC(C)C(C)C1. The summed E-state index contributed by atoms with van der Waals surface area (Å²) < 4.78 is 5.35. The molecule has 1 N–H and O–H groups in total. The highest BCUT2D eigenvalue weighted by Crippen LogP contribution is 2.27. The molecule has 1 fully saturated rings. The Bertz CT molecular complexity index is 487. The highest BCUT2D eigenvalue weighted by Gasteiger charge is 2.23. The number of hydrogen-bond acceptors (Lipinski definition) is 3. The summed E-state index contributed by atoms with van der Waals surface area (Å²) in [7, 11) is 1.63. The molecular formula is C16H23NO3. The highest BCUT2D eigenvalue weighted by atomic mass is 16.5. The lowest BCUT2D eigenvalue weighted by molar-refractivity contribution is 0.0696. The summed E-state index contributed by atoms with van der Waals surface area (Å²) in [4.78, 5) is 13.5. The Morgan fingerprint density at radius 3 is 2.75 bits per heavy atom. The Balaban J connectivity index is 2.15. The van der Waals surface area contributed by atoms with Crippen molar-refractivity contribution in [3.8, 4) is 5.75 Å². The first-order valence-electron chi connectivity index (χ1n) is 7.13. The zero-order valence-corrected chi connectivity index (χ0v) is 12.4. The van der Waals surface area contributed by atoms with Gasteiger partial charge in [0.15, 0.2) is 0 Å². The summed E-state index contributed by atoms with van der Waals surface area (Å²) in [6.45, 7) is 7.45. The third-order valence-electron chi connectivity index (χ3n) is 4.34. The number of ether oxygens (including phenoxy) is 1. The van der Waals surface area contributed by atoms with Gasteiger partial charge in [-0.15, -0.1) is 0 Å². The summed E-state index contributed by atoms with van der Waals surface area (Å²) in [6, 6.07) is 5.06. The lowest BCUT2D eigenvalue weighted by atomic mass is 9.88. The van der Waals surface area contributed by atoms with Crippen molar-refractivity contribution in [1.82, 2.24) is 4.90 Å². The van der Waals surface area contributed by atoms with Gasteiger partial charge in [0, 0.05) is 18.7 Å². The molecule has 1 aromatic carbocycles. The van der Waals surface area contributed by atoms with Gasteiger partial charge in [-0.25, -0.2) is 4.79 Å². The number of benzene rings is 1. The Labute approximate surface area is 120 Å². The fourth-order valence-corrected chi connectivity index (χ4v) is 2.77. The normalized spacial score (nSPS) is 23.6. The molecule has 0 bridgehead atoms. The standard InChI is InChI=1S/C16H23NO3/c1-11-6-7-17(9-12(11)2)10-14-8-13(16(18)19)4-5-15(14)20-3/h4-5,8,11-12H,6-7,9-10H2,1-3H3,(H,18,19). The minimum absolute atomic E-state index is 0.319. The maximum atomic E-state index is 11.1. The van der Waals surface area contributed by atoms with Crippen molar-refractivity contribution in [1.29, 1.82) is 0 Å². The number of carboxylic acids is 1. The molecule has 20 heavy (non-hydrogen) atoms. The number of carbonyl (C=O) groups is 1. The van der Waals surface area contributed by atoms with E-state index in [1.807, 2.05) is 0 Å². The molecule has 2 rings (SSSR count). The van der Waals surface area contributed by atoms with Crippen LogP contribution in [0.1, 0.15) is 36.2 Å². The van der Waals surface area contributed by atoms with Gasteiger partial charge in [0.25, 0.3) is 0 Å². The van der Waals surface area contributed by atoms with Gasteiger partial charge in [-0.3, -0.25) is 4.90 Å². The van der Waals surface area contributed by atoms with Crippen molar-refractivity contribution in [3.63, 3.8) is 0 Å². The quantitative estimate of drug-likeness (QED) is 0.919. The smallest absolute Gasteiger partial charge is 0.335 e. The van der Waals surface area contributed by atoms with Crippen LogP contribution in [0.15, 0.2) is 18.2 Å². The van der Waals surface area contributed by atoms with E-state index in [1.165, 1.54) is 6.42 Å². The van der Waals surface area contributed by atoms with Crippen molar-refractivity contribution < 1.29 is 14.6 Å². The molecule has 0 amide bonds. The molecule has 0 aliphatic carbocycles. The summed E-state index contributed by atoms with van der Waals surface area (Å²) in [6.07, 6.45) is 1.20. The number of rotatable bonds is 4. The molecule has 110 valence electrons. The Kier molecular flexibility index (Phi) is 4.65. The van der Waals surface area contributed by atoms with E-state index in [-0.39, 0.29) is 0 Å². The van der Waals surface area contributed by atoms with E-state index in [2.05, 4.69) is 18.7 Å². The molecule has 1 aliphatic heterocycles.